The molecule has 1 amide bonds. The molecule has 0 saturated heterocycles. The van der Waals surface area contributed by atoms with Crippen LogP contribution >= 0.6 is 0 Å². The number of nitrogens with one attached hydrogen (secondary N) is 1. The van der Waals surface area contributed by atoms with Gasteiger partial charge >= 0.3 is 5.97 Å². The molecule has 6 nitrogen and oxygen atoms in total. The van der Waals surface area contributed by atoms with E-state index in [-0.39, 0.29) is 23.9 Å². The SMILES string of the molecule is CCc1ccc(C(COC)NC(=O)Cc2ccc(C(=O)O)cc2)o1. The highest BCUT2D eigenvalue weighted by atomic mass is 16.5. The minimum atomic E-state index is -0.990. The van der Waals surface area contributed by atoms with Crippen LogP contribution in [0.5, 0.6) is 0 Å². The van der Waals surface area contributed by atoms with E-state index < -0.39 is 5.97 Å². The molecule has 0 spiro atoms. The Hall–Kier alpha value is -2.60. The zero-order valence-corrected chi connectivity index (χ0v) is 13.7. The average Bonchev–Trinajstić information content (AvgIpc) is 3.04. The van der Waals surface area contributed by atoms with Gasteiger partial charge in [0.25, 0.3) is 0 Å². The molecule has 1 atom stereocenters. The van der Waals surface area contributed by atoms with Gasteiger partial charge in [-0.05, 0) is 29.8 Å². The third-order valence-corrected chi connectivity index (χ3v) is 3.61. The Morgan fingerprint density at radius 1 is 1.21 bits per heavy atom. The highest BCUT2D eigenvalue weighted by molar-refractivity contribution is 5.87. The lowest BCUT2D eigenvalue weighted by atomic mass is 10.1. The molecular formula is C18H21NO5. The van der Waals surface area contributed by atoms with Crippen LogP contribution < -0.4 is 5.32 Å². The van der Waals surface area contributed by atoms with Gasteiger partial charge in [0.2, 0.25) is 5.91 Å². The van der Waals surface area contributed by atoms with Crippen LogP contribution in [-0.4, -0.2) is 30.7 Å². The number of hydrogen-bond donors (Lipinski definition) is 2. The van der Waals surface area contributed by atoms with Crippen LogP contribution in [0, 0.1) is 0 Å². The largest absolute Gasteiger partial charge is 0.478 e. The predicted molar refractivity (Wildman–Crippen MR) is 88.0 cm³/mol. The Kier molecular flexibility index (Phi) is 6.14. The molecule has 2 aromatic rings. The van der Waals surface area contributed by atoms with Crippen molar-refractivity contribution >= 4 is 11.9 Å². The van der Waals surface area contributed by atoms with Crippen molar-refractivity contribution in [2.45, 2.75) is 25.8 Å². The first-order valence-corrected chi connectivity index (χ1v) is 7.72. The smallest absolute Gasteiger partial charge is 0.335 e. The molecular weight excluding hydrogens is 310 g/mol. The van der Waals surface area contributed by atoms with Crippen molar-refractivity contribution in [3.8, 4) is 0 Å². The highest BCUT2D eigenvalue weighted by Crippen LogP contribution is 2.18. The number of carboxylic acids is 1. The van der Waals surface area contributed by atoms with Crippen molar-refractivity contribution in [2.75, 3.05) is 13.7 Å². The Labute approximate surface area is 140 Å². The maximum Gasteiger partial charge on any atom is 0.335 e. The molecule has 1 aromatic heterocycles. The second kappa shape index (κ2) is 8.31. The summed E-state index contributed by atoms with van der Waals surface area (Å²) in [5.74, 6) is 0.332. The van der Waals surface area contributed by atoms with Crippen LogP contribution in [0.3, 0.4) is 0 Å². The molecule has 128 valence electrons. The van der Waals surface area contributed by atoms with E-state index in [1.807, 2.05) is 19.1 Å². The molecule has 0 aliphatic rings. The fraction of sp³-hybridized carbons (Fsp3) is 0.333. The number of rotatable bonds is 8. The van der Waals surface area contributed by atoms with Gasteiger partial charge in [-0.3, -0.25) is 4.79 Å². The molecule has 1 aromatic carbocycles. The lowest BCUT2D eigenvalue weighted by Crippen LogP contribution is -2.32. The fourth-order valence-electron chi connectivity index (χ4n) is 2.33. The topological polar surface area (TPSA) is 88.8 Å². The zero-order chi connectivity index (χ0) is 17.5. The van der Waals surface area contributed by atoms with Crippen LogP contribution in [0.25, 0.3) is 0 Å². The summed E-state index contributed by atoms with van der Waals surface area (Å²) >= 11 is 0. The third-order valence-electron chi connectivity index (χ3n) is 3.61. The summed E-state index contributed by atoms with van der Waals surface area (Å²) < 4.78 is 10.8. The third kappa shape index (κ3) is 4.70. The van der Waals surface area contributed by atoms with E-state index in [0.717, 1.165) is 17.7 Å². The highest BCUT2D eigenvalue weighted by Gasteiger charge is 2.18. The number of aromatic carboxylic acids is 1. The fourth-order valence-corrected chi connectivity index (χ4v) is 2.33. The van der Waals surface area contributed by atoms with Crippen LogP contribution in [0.1, 0.15) is 40.4 Å². The monoisotopic (exact) mass is 331 g/mol. The van der Waals surface area contributed by atoms with Gasteiger partial charge in [-0.2, -0.15) is 0 Å². The summed E-state index contributed by atoms with van der Waals surface area (Å²) in [4.78, 5) is 23.1. The van der Waals surface area contributed by atoms with E-state index in [1.54, 1.807) is 19.2 Å². The molecule has 0 aliphatic heterocycles. The Morgan fingerprint density at radius 2 is 1.92 bits per heavy atom. The quantitative estimate of drug-likeness (QED) is 0.776. The number of hydrogen-bond acceptors (Lipinski definition) is 4. The van der Waals surface area contributed by atoms with E-state index in [4.69, 9.17) is 14.3 Å². The van der Waals surface area contributed by atoms with Gasteiger partial charge in [0.1, 0.15) is 17.6 Å². The van der Waals surface area contributed by atoms with Gasteiger partial charge in [-0.25, -0.2) is 4.79 Å². The van der Waals surface area contributed by atoms with Crippen LogP contribution in [0.15, 0.2) is 40.8 Å². The van der Waals surface area contributed by atoms with E-state index in [2.05, 4.69) is 5.32 Å². The molecule has 0 saturated carbocycles. The average molecular weight is 331 g/mol. The molecule has 2 rings (SSSR count). The summed E-state index contributed by atoms with van der Waals surface area (Å²) in [5.41, 5.74) is 0.932. The van der Waals surface area contributed by atoms with Crippen LogP contribution in [0.4, 0.5) is 0 Å². The van der Waals surface area contributed by atoms with Crippen molar-refractivity contribution in [1.82, 2.24) is 5.32 Å². The summed E-state index contributed by atoms with van der Waals surface area (Å²) in [6.07, 6.45) is 0.936. The van der Waals surface area contributed by atoms with Gasteiger partial charge in [0.15, 0.2) is 0 Å². The van der Waals surface area contributed by atoms with E-state index in [0.29, 0.717) is 12.4 Å². The number of amides is 1. The Balaban J connectivity index is 2.00. The lowest BCUT2D eigenvalue weighted by Gasteiger charge is -2.16. The number of carbonyl (C=O) groups excluding carboxylic acids is 1. The van der Waals surface area contributed by atoms with Gasteiger partial charge in [-0.15, -0.1) is 0 Å². The maximum absolute atomic E-state index is 12.2. The molecule has 0 radical (unpaired) electrons. The van der Waals surface area contributed by atoms with E-state index >= 15 is 0 Å². The summed E-state index contributed by atoms with van der Waals surface area (Å²) in [6, 6.07) is 9.60. The van der Waals surface area contributed by atoms with Crippen molar-refractivity contribution in [3.05, 3.63) is 59.0 Å². The number of ether oxygens (including phenoxy) is 1. The van der Waals surface area contributed by atoms with Crippen LogP contribution in [0.2, 0.25) is 0 Å². The molecule has 0 aliphatic carbocycles. The van der Waals surface area contributed by atoms with Gasteiger partial charge in [0.05, 0.1) is 18.6 Å². The molecule has 0 bridgehead atoms. The molecule has 24 heavy (non-hydrogen) atoms. The second-order valence-corrected chi connectivity index (χ2v) is 5.41. The Bertz CT molecular complexity index is 690. The van der Waals surface area contributed by atoms with E-state index in [1.165, 1.54) is 12.1 Å². The van der Waals surface area contributed by atoms with Crippen molar-refractivity contribution in [3.63, 3.8) is 0 Å². The maximum atomic E-state index is 12.2. The van der Waals surface area contributed by atoms with Gasteiger partial charge in [0, 0.05) is 13.5 Å². The summed E-state index contributed by atoms with van der Waals surface area (Å²) in [6.45, 7) is 2.30. The second-order valence-electron chi connectivity index (χ2n) is 5.41. The first-order valence-electron chi connectivity index (χ1n) is 7.72. The predicted octanol–water partition coefficient (Wildman–Crippen LogP) is 2.59. The number of carbonyl (C=O) groups is 2. The van der Waals surface area contributed by atoms with Crippen molar-refractivity contribution in [2.24, 2.45) is 0 Å². The molecule has 0 fully saturated rings. The standard InChI is InChI=1S/C18H21NO5/c1-3-14-8-9-16(24-14)15(11-23-2)19-17(20)10-12-4-6-13(7-5-12)18(21)22/h4-9,15H,3,10-11H2,1-2H3,(H,19,20)(H,21,22). The number of methoxy groups -OCH3 is 1. The molecule has 2 N–H and O–H groups in total. The van der Waals surface area contributed by atoms with E-state index in [9.17, 15) is 9.59 Å². The normalized spacial score (nSPS) is 11.9. The molecule has 1 heterocycles. The number of benzene rings is 1. The van der Waals surface area contributed by atoms with Gasteiger partial charge in [-0.1, -0.05) is 19.1 Å². The van der Waals surface area contributed by atoms with Crippen LogP contribution in [-0.2, 0) is 22.4 Å². The summed E-state index contributed by atoms with van der Waals surface area (Å²) in [5, 5.41) is 11.8. The minimum Gasteiger partial charge on any atom is -0.478 e. The van der Waals surface area contributed by atoms with Crippen molar-refractivity contribution in [1.29, 1.82) is 0 Å². The first kappa shape index (κ1) is 17.7. The number of aryl methyl sites for hydroxylation is 1. The molecule has 6 heteroatoms. The van der Waals surface area contributed by atoms with Crippen molar-refractivity contribution < 1.29 is 23.8 Å². The lowest BCUT2D eigenvalue weighted by molar-refractivity contribution is -0.121. The number of carboxylic acid groups (broad SMARTS) is 1. The number of furan rings is 1. The zero-order valence-electron chi connectivity index (χ0n) is 13.7. The minimum absolute atomic E-state index is 0.154. The Morgan fingerprint density at radius 3 is 2.46 bits per heavy atom. The first-order chi connectivity index (χ1) is 11.5. The molecule has 1 unspecified atom stereocenters. The summed E-state index contributed by atoms with van der Waals surface area (Å²) in [7, 11) is 1.56. The van der Waals surface area contributed by atoms with Gasteiger partial charge < -0.3 is 19.6 Å².